The van der Waals surface area contributed by atoms with Gasteiger partial charge in [-0.15, -0.1) is 0 Å². The van der Waals surface area contributed by atoms with Crippen molar-refractivity contribution in [1.29, 1.82) is 0 Å². The number of nitrogens with one attached hydrogen (secondary N) is 1. The minimum atomic E-state index is 0.606. The molecular weight excluding hydrogens is 364 g/mol. The Bertz CT molecular complexity index is 841. The highest BCUT2D eigenvalue weighted by molar-refractivity contribution is 5.99. The normalized spacial score (nSPS) is 18.8. The van der Waals surface area contributed by atoms with Crippen molar-refractivity contribution in [2.24, 2.45) is 5.10 Å². The quantitative estimate of drug-likeness (QED) is 0.600. The first-order valence-electron chi connectivity index (χ1n) is 10.3. The molecule has 154 valence electrons. The lowest BCUT2D eigenvalue weighted by atomic mass is 10.0. The monoisotopic (exact) mass is 394 g/mol. The molecule has 4 heterocycles. The molecule has 29 heavy (non-hydrogen) atoms. The third kappa shape index (κ3) is 4.57. The number of anilines is 2. The van der Waals surface area contributed by atoms with Gasteiger partial charge in [0.2, 0.25) is 0 Å². The van der Waals surface area contributed by atoms with Crippen molar-refractivity contribution >= 4 is 17.2 Å². The van der Waals surface area contributed by atoms with E-state index in [0.717, 1.165) is 54.8 Å². The second-order valence-corrected chi connectivity index (χ2v) is 7.93. The number of aromatic nitrogens is 2. The number of likely N-dealkylation sites (N-methyl/N-ethyl adjacent to an activating group) is 1. The molecule has 7 nitrogen and oxygen atoms in total. The van der Waals surface area contributed by atoms with E-state index in [9.17, 15) is 0 Å². The second-order valence-electron chi connectivity index (χ2n) is 7.93. The van der Waals surface area contributed by atoms with Crippen LogP contribution < -0.4 is 10.3 Å². The van der Waals surface area contributed by atoms with Crippen molar-refractivity contribution in [1.82, 2.24) is 14.9 Å². The summed E-state index contributed by atoms with van der Waals surface area (Å²) in [7, 11) is 2.24. The standard InChI is InChI=1S/C22H30N6O/c1-16-21(5-4-10-23-16)17(2)25-26-18-6-7-22(24-13-18)28-11-8-19(9-12-28)27(3)20-14-29-15-20/h4-7,10,13,19-20,26H,8-9,11-12,14-15H2,1-3H3/b25-17+. The third-order valence-electron chi connectivity index (χ3n) is 6.06. The molecule has 0 unspecified atom stereocenters. The Labute approximate surface area is 172 Å². The molecule has 0 spiro atoms. The van der Waals surface area contributed by atoms with Gasteiger partial charge in [0, 0.05) is 36.6 Å². The fraction of sp³-hybridized carbons (Fsp3) is 0.500. The van der Waals surface area contributed by atoms with Gasteiger partial charge in [-0.05, 0) is 58.0 Å². The van der Waals surface area contributed by atoms with Crippen LogP contribution in [0.1, 0.15) is 31.0 Å². The average Bonchev–Trinajstić information content (AvgIpc) is 2.71. The Morgan fingerprint density at radius 1 is 1.17 bits per heavy atom. The summed E-state index contributed by atoms with van der Waals surface area (Å²) < 4.78 is 5.33. The first-order valence-corrected chi connectivity index (χ1v) is 10.3. The molecule has 7 heteroatoms. The molecule has 0 atom stereocenters. The summed E-state index contributed by atoms with van der Waals surface area (Å²) in [5.74, 6) is 1.03. The fourth-order valence-electron chi connectivity index (χ4n) is 3.97. The molecule has 0 saturated carbocycles. The SMILES string of the molecule is C/C(=N\Nc1ccc(N2CCC(N(C)C3COC3)CC2)nc1)c1cccnc1C. The molecule has 0 aliphatic carbocycles. The number of nitrogens with zero attached hydrogens (tertiary/aromatic N) is 5. The summed E-state index contributed by atoms with van der Waals surface area (Å²) in [6, 6.07) is 9.33. The number of hydrazone groups is 1. The number of piperidine rings is 1. The maximum atomic E-state index is 5.33. The van der Waals surface area contributed by atoms with Gasteiger partial charge in [0.05, 0.1) is 36.9 Å². The van der Waals surface area contributed by atoms with Gasteiger partial charge >= 0.3 is 0 Å². The summed E-state index contributed by atoms with van der Waals surface area (Å²) in [5, 5.41) is 4.48. The van der Waals surface area contributed by atoms with E-state index >= 15 is 0 Å². The molecule has 2 aromatic heterocycles. The van der Waals surface area contributed by atoms with E-state index in [1.165, 1.54) is 12.8 Å². The van der Waals surface area contributed by atoms with Crippen LogP contribution in [0.5, 0.6) is 0 Å². The Hall–Kier alpha value is -2.51. The highest BCUT2D eigenvalue weighted by Crippen LogP contribution is 2.24. The molecular formula is C22H30N6O. The van der Waals surface area contributed by atoms with Crippen LogP contribution in [-0.2, 0) is 4.74 Å². The predicted molar refractivity (Wildman–Crippen MR) is 117 cm³/mol. The third-order valence-corrected chi connectivity index (χ3v) is 6.06. The average molecular weight is 395 g/mol. The van der Waals surface area contributed by atoms with Gasteiger partial charge in [-0.25, -0.2) is 4.98 Å². The lowest BCUT2D eigenvalue weighted by Gasteiger charge is -2.43. The lowest BCUT2D eigenvalue weighted by molar-refractivity contribution is -0.0718. The maximum Gasteiger partial charge on any atom is 0.128 e. The van der Waals surface area contributed by atoms with Crippen LogP contribution in [-0.4, -0.2) is 66.0 Å². The van der Waals surface area contributed by atoms with Crippen LogP contribution in [0.4, 0.5) is 11.5 Å². The topological polar surface area (TPSA) is 65.9 Å². The van der Waals surface area contributed by atoms with Crippen LogP contribution in [0, 0.1) is 6.92 Å². The molecule has 4 rings (SSSR count). The number of hydrogen-bond acceptors (Lipinski definition) is 7. The zero-order chi connectivity index (χ0) is 20.2. The first kappa shape index (κ1) is 19.8. The Morgan fingerprint density at radius 3 is 2.59 bits per heavy atom. The van der Waals surface area contributed by atoms with Gasteiger partial charge in [0.1, 0.15) is 5.82 Å². The zero-order valence-electron chi connectivity index (χ0n) is 17.5. The molecule has 0 aromatic carbocycles. The van der Waals surface area contributed by atoms with Gasteiger partial charge in [-0.2, -0.15) is 5.10 Å². The molecule has 2 aromatic rings. The van der Waals surface area contributed by atoms with Crippen molar-refractivity contribution in [3.63, 3.8) is 0 Å². The van der Waals surface area contributed by atoms with Crippen LogP contribution in [0.15, 0.2) is 41.8 Å². The molecule has 0 radical (unpaired) electrons. The first-order chi connectivity index (χ1) is 14.1. The molecule has 0 amide bonds. The second kappa shape index (κ2) is 8.88. The van der Waals surface area contributed by atoms with Crippen molar-refractivity contribution in [3.8, 4) is 0 Å². The number of rotatable bonds is 6. The Balaban J connectivity index is 1.31. The number of ether oxygens (including phenoxy) is 1. The minimum Gasteiger partial charge on any atom is -0.378 e. The van der Waals surface area contributed by atoms with Crippen LogP contribution in [0.2, 0.25) is 0 Å². The van der Waals surface area contributed by atoms with E-state index in [0.29, 0.717) is 12.1 Å². The molecule has 2 fully saturated rings. The number of hydrogen-bond donors (Lipinski definition) is 1. The number of pyridine rings is 2. The van der Waals surface area contributed by atoms with Crippen molar-refractivity contribution in [2.45, 2.75) is 38.8 Å². The molecule has 0 bridgehead atoms. The van der Waals surface area contributed by atoms with E-state index in [1.807, 2.05) is 38.2 Å². The summed E-state index contributed by atoms with van der Waals surface area (Å²) in [5.41, 5.74) is 6.92. The van der Waals surface area contributed by atoms with E-state index < -0.39 is 0 Å². The highest BCUT2D eigenvalue weighted by atomic mass is 16.5. The van der Waals surface area contributed by atoms with Crippen LogP contribution >= 0.6 is 0 Å². The summed E-state index contributed by atoms with van der Waals surface area (Å²) in [6.45, 7) is 7.82. The van der Waals surface area contributed by atoms with Crippen LogP contribution in [0.3, 0.4) is 0 Å². The minimum absolute atomic E-state index is 0.606. The molecule has 2 aliphatic heterocycles. The van der Waals surface area contributed by atoms with Crippen LogP contribution in [0.25, 0.3) is 0 Å². The maximum absolute atomic E-state index is 5.33. The summed E-state index contributed by atoms with van der Waals surface area (Å²) in [6.07, 6.45) is 5.99. The van der Waals surface area contributed by atoms with Gasteiger partial charge in [-0.3, -0.25) is 15.3 Å². The molecule has 1 N–H and O–H groups in total. The smallest absolute Gasteiger partial charge is 0.128 e. The predicted octanol–water partition coefficient (Wildman–Crippen LogP) is 2.92. The molecule has 2 aliphatic rings. The van der Waals surface area contributed by atoms with Gasteiger partial charge < -0.3 is 9.64 Å². The zero-order valence-corrected chi connectivity index (χ0v) is 17.5. The van der Waals surface area contributed by atoms with Crippen molar-refractivity contribution in [3.05, 3.63) is 47.9 Å². The van der Waals surface area contributed by atoms with E-state index in [1.54, 1.807) is 6.20 Å². The van der Waals surface area contributed by atoms with E-state index in [-0.39, 0.29) is 0 Å². The number of aryl methyl sites for hydroxylation is 1. The summed E-state index contributed by atoms with van der Waals surface area (Å²) >= 11 is 0. The summed E-state index contributed by atoms with van der Waals surface area (Å²) in [4.78, 5) is 13.8. The van der Waals surface area contributed by atoms with E-state index in [2.05, 4.69) is 43.4 Å². The fourth-order valence-corrected chi connectivity index (χ4v) is 3.97. The lowest BCUT2D eigenvalue weighted by Crippen LogP contribution is -2.54. The van der Waals surface area contributed by atoms with Gasteiger partial charge in [0.15, 0.2) is 0 Å². The van der Waals surface area contributed by atoms with Crippen molar-refractivity contribution < 1.29 is 4.74 Å². The molecule has 2 saturated heterocycles. The van der Waals surface area contributed by atoms with Gasteiger partial charge in [0.25, 0.3) is 0 Å². The van der Waals surface area contributed by atoms with Crippen molar-refractivity contribution in [2.75, 3.05) is 43.7 Å². The Morgan fingerprint density at radius 2 is 1.97 bits per heavy atom. The van der Waals surface area contributed by atoms with Gasteiger partial charge in [-0.1, -0.05) is 0 Å². The highest BCUT2D eigenvalue weighted by Gasteiger charge is 2.31. The largest absolute Gasteiger partial charge is 0.378 e. The Kier molecular flexibility index (Phi) is 6.06. The van der Waals surface area contributed by atoms with E-state index in [4.69, 9.17) is 4.74 Å².